The Bertz CT molecular complexity index is 211. The highest BCUT2D eigenvalue weighted by atomic mass is 32.1. The molecule has 0 bridgehead atoms. The largest absolute Gasteiger partial charge is 0.303 e. The van der Waals surface area contributed by atoms with Crippen LogP contribution in [0.2, 0.25) is 0 Å². The van der Waals surface area contributed by atoms with Crippen molar-refractivity contribution in [3.8, 4) is 0 Å². The normalized spacial score (nSPS) is 33.8. The molecule has 0 saturated heterocycles. The second-order valence-electron chi connectivity index (χ2n) is 6.34. The maximum atomic E-state index is 4.56. The standard InChI is InChI=1S/C14H27NS/c1-12-4-6-13(7-5-12)15(2)10-14(11-16)8-3-9-14/h12-13,16H,3-11H2,1-2H3. The Morgan fingerprint density at radius 1 is 1.19 bits per heavy atom. The molecule has 1 nitrogen and oxygen atoms in total. The maximum absolute atomic E-state index is 4.56. The van der Waals surface area contributed by atoms with Crippen molar-refractivity contribution in [3.05, 3.63) is 0 Å². The predicted octanol–water partition coefficient (Wildman–Crippen LogP) is 3.60. The summed E-state index contributed by atoms with van der Waals surface area (Å²) in [6.45, 7) is 3.69. The van der Waals surface area contributed by atoms with Gasteiger partial charge in [0.1, 0.15) is 0 Å². The Labute approximate surface area is 106 Å². The molecule has 2 saturated carbocycles. The Hall–Kier alpha value is 0.310. The monoisotopic (exact) mass is 241 g/mol. The van der Waals surface area contributed by atoms with Gasteiger partial charge in [-0.25, -0.2) is 0 Å². The topological polar surface area (TPSA) is 3.24 Å². The van der Waals surface area contributed by atoms with Crippen LogP contribution in [-0.4, -0.2) is 30.3 Å². The Morgan fingerprint density at radius 2 is 1.81 bits per heavy atom. The van der Waals surface area contributed by atoms with Crippen LogP contribution >= 0.6 is 12.6 Å². The van der Waals surface area contributed by atoms with Gasteiger partial charge < -0.3 is 4.90 Å². The van der Waals surface area contributed by atoms with E-state index in [2.05, 4.69) is 31.5 Å². The van der Waals surface area contributed by atoms with Gasteiger partial charge in [0, 0.05) is 12.6 Å². The van der Waals surface area contributed by atoms with E-state index in [-0.39, 0.29) is 0 Å². The summed E-state index contributed by atoms with van der Waals surface area (Å²) in [6.07, 6.45) is 9.94. The Balaban J connectivity index is 1.81. The molecular weight excluding hydrogens is 214 g/mol. The lowest BCUT2D eigenvalue weighted by Gasteiger charge is -2.46. The van der Waals surface area contributed by atoms with Gasteiger partial charge in [-0.1, -0.05) is 13.3 Å². The zero-order valence-electron chi connectivity index (χ0n) is 10.9. The lowest BCUT2D eigenvalue weighted by molar-refractivity contribution is 0.0648. The fourth-order valence-corrected chi connectivity index (χ4v) is 3.80. The van der Waals surface area contributed by atoms with Crippen LogP contribution in [0.3, 0.4) is 0 Å². The fourth-order valence-electron chi connectivity index (χ4n) is 3.38. The van der Waals surface area contributed by atoms with Crippen molar-refractivity contribution < 1.29 is 0 Å². The molecule has 0 spiro atoms. The number of hydrogen-bond donors (Lipinski definition) is 1. The van der Waals surface area contributed by atoms with Crippen LogP contribution in [-0.2, 0) is 0 Å². The van der Waals surface area contributed by atoms with E-state index in [9.17, 15) is 0 Å². The third-order valence-corrected chi connectivity index (χ3v) is 5.61. The second kappa shape index (κ2) is 5.30. The van der Waals surface area contributed by atoms with E-state index in [0.717, 1.165) is 17.7 Å². The van der Waals surface area contributed by atoms with Crippen molar-refractivity contribution in [2.45, 2.75) is 57.9 Å². The van der Waals surface area contributed by atoms with Crippen LogP contribution in [0.4, 0.5) is 0 Å². The molecule has 0 aromatic heterocycles. The smallest absolute Gasteiger partial charge is 0.00926 e. The molecule has 0 aromatic rings. The number of hydrogen-bond acceptors (Lipinski definition) is 2. The van der Waals surface area contributed by atoms with Crippen LogP contribution in [0.1, 0.15) is 51.9 Å². The van der Waals surface area contributed by atoms with Crippen molar-refractivity contribution in [1.82, 2.24) is 4.90 Å². The summed E-state index contributed by atoms with van der Waals surface area (Å²) in [6, 6.07) is 0.855. The molecule has 2 aliphatic rings. The zero-order chi connectivity index (χ0) is 11.6. The predicted molar refractivity (Wildman–Crippen MR) is 74.2 cm³/mol. The van der Waals surface area contributed by atoms with Crippen LogP contribution in [0.15, 0.2) is 0 Å². The first kappa shape index (κ1) is 12.8. The first-order valence-electron chi connectivity index (χ1n) is 6.96. The molecule has 0 unspecified atom stereocenters. The minimum atomic E-state index is 0.570. The number of rotatable bonds is 4. The Kier molecular flexibility index (Phi) is 4.23. The number of thiol groups is 1. The van der Waals surface area contributed by atoms with Gasteiger partial charge in [0.05, 0.1) is 0 Å². The molecule has 2 fully saturated rings. The van der Waals surface area contributed by atoms with Crippen LogP contribution < -0.4 is 0 Å². The molecule has 2 heteroatoms. The molecule has 0 atom stereocenters. The van der Waals surface area contributed by atoms with Crippen molar-refractivity contribution in [2.75, 3.05) is 19.3 Å². The molecule has 2 rings (SSSR count). The van der Waals surface area contributed by atoms with Gasteiger partial charge in [-0.2, -0.15) is 12.6 Å². The molecule has 0 amide bonds. The average molecular weight is 241 g/mol. The van der Waals surface area contributed by atoms with E-state index < -0.39 is 0 Å². The summed E-state index contributed by atoms with van der Waals surface area (Å²) in [5.41, 5.74) is 0.570. The van der Waals surface area contributed by atoms with Gasteiger partial charge in [-0.3, -0.25) is 0 Å². The minimum absolute atomic E-state index is 0.570. The van der Waals surface area contributed by atoms with E-state index in [1.165, 1.54) is 51.5 Å². The van der Waals surface area contributed by atoms with Gasteiger partial charge in [-0.05, 0) is 62.7 Å². The highest BCUT2D eigenvalue weighted by Gasteiger charge is 2.37. The lowest BCUT2D eigenvalue weighted by atomic mass is 9.69. The average Bonchev–Trinajstić information content (AvgIpc) is 2.24. The molecule has 2 aliphatic carbocycles. The van der Waals surface area contributed by atoms with Crippen LogP contribution in [0.25, 0.3) is 0 Å². The van der Waals surface area contributed by atoms with E-state index in [1.54, 1.807) is 0 Å². The van der Waals surface area contributed by atoms with Crippen molar-refractivity contribution in [3.63, 3.8) is 0 Å². The van der Waals surface area contributed by atoms with Crippen LogP contribution in [0, 0.1) is 11.3 Å². The quantitative estimate of drug-likeness (QED) is 0.736. The molecule has 0 aliphatic heterocycles. The Morgan fingerprint density at radius 3 is 2.25 bits per heavy atom. The SMILES string of the molecule is CC1CCC(N(C)CC2(CS)CCC2)CC1. The van der Waals surface area contributed by atoms with Crippen molar-refractivity contribution in [1.29, 1.82) is 0 Å². The van der Waals surface area contributed by atoms with E-state index >= 15 is 0 Å². The summed E-state index contributed by atoms with van der Waals surface area (Å²) >= 11 is 4.56. The van der Waals surface area contributed by atoms with Crippen molar-refractivity contribution >= 4 is 12.6 Å². The molecule has 0 N–H and O–H groups in total. The molecule has 16 heavy (non-hydrogen) atoms. The molecule has 94 valence electrons. The summed E-state index contributed by atoms with van der Waals surface area (Å²) < 4.78 is 0. The van der Waals surface area contributed by atoms with Gasteiger partial charge in [0.25, 0.3) is 0 Å². The van der Waals surface area contributed by atoms with Gasteiger partial charge in [0.2, 0.25) is 0 Å². The highest BCUT2D eigenvalue weighted by molar-refractivity contribution is 7.80. The van der Waals surface area contributed by atoms with E-state index in [4.69, 9.17) is 0 Å². The van der Waals surface area contributed by atoms with Crippen LogP contribution in [0.5, 0.6) is 0 Å². The fraction of sp³-hybridized carbons (Fsp3) is 1.00. The van der Waals surface area contributed by atoms with Gasteiger partial charge in [0.15, 0.2) is 0 Å². The number of nitrogens with zero attached hydrogens (tertiary/aromatic N) is 1. The minimum Gasteiger partial charge on any atom is -0.303 e. The second-order valence-corrected chi connectivity index (χ2v) is 6.66. The summed E-state index contributed by atoms with van der Waals surface area (Å²) in [5.74, 6) is 2.05. The molecule has 0 heterocycles. The third kappa shape index (κ3) is 2.76. The lowest BCUT2D eigenvalue weighted by Crippen LogP contribution is -2.46. The summed E-state index contributed by atoms with van der Waals surface area (Å²) in [4.78, 5) is 2.64. The third-order valence-electron chi connectivity index (χ3n) is 4.94. The molecule has 0 radical (unpaired) electrons. The maximum Gasteiger partial charge on any atom is 0.00926 e. The first-order valence-corrected chi connectivity index (χ1v) is 7.59. The van der Waals surface area contributed by atoms with Gasteiger partial charge in [-0.15, -0.1) is 0 Å². The highest BCUT2D eigenvalue weighted by Crippen LogP contribution is 2.43. The molecular formula is C14H27NS. The zero-order valence-corrected chi connectivity index (χ0v) is 11.8. The first-order chi connectivity index (χ1) is 7.65. The summed E-state index contributed by atoms with van der Waals surface area (Å²) in [7, 11) is 2.34. The van der Waals surface area contributed by atoms with Crippen molar-refractivity contribution in [2.24, 2.45) is 11.3 Å². The van der Waals surface area contributed by atoms with Gasteiger partial charge >= 0.3 is 0 Å². The van der Waals surface area contributed by atoms with E-state index in [1.807, 2.05) is 0 Å². The summed E-state index contributed by atoms with van der Waals surface area (Å²) in [5, 5.41) is 0. The molecule has 0 aromatic carbocycles. The van der Waals surface area contributed by atoms with E-state index in [0.29, 0.717) is 5.41 Å².